The third kappa shape index (κ3) is 4.15. The van der Waals surface area contributed by atoms with Gasteiger partial charge in [0.2, 0.25) is 0 Å². The van der Waals surface area contributed by atoms with Gasteiger partial charge in [0.15, 0.2) is 24.3 Å². The highest BCUT2D eigenvalue weighted by atomic mass is 16.5. The van der Waals surface area contributed by atoms with Gasteiger partial charge in [0.1, 0.15) is 5.75 Å². The summed E-state index contributed by atoms with van der Waals surface area (Å²) in [5.41, 5.74) is 1.56. The monoisotopic (exact) mass is 301 g/mol. The van der Waals surface area contributed by atoms with Crippen LogP contribution in [0.15, 0.2) is 42.5 Å². The second kappa shape index (κ2) is 7.36. The molecule has 2 rings (SSSR count). The summed E-state index contributed by atoms with van der Waals surface area (Å²) in [7, 11) is 1.60. The summed E-state index contributed by atoms with van der Waals surface area (Å²) in [6.07, 6.45) is 1.46. The van der Waals surface area contributed by atoms with E-state index in [2.05, 4.69) is 0 Å². The fourth-order valence-corrected chi connectivity index (χ4v) is 2.00. The molecule has 0 aliphatic heterocycles. The molecule has 5 heteroatoms. The van der Waals surface area contributed by atoms with Gasteiger partial charge < -0.3 is 19.8 Å². The molecule has 5 nitrogen and oxygen atoms in total. The molecule has 0 fully saturated rings. The molecule has 0 radical (unpaired) electrons. The molecule has 0 heterocycles. The number of rotatable bonds is 6. The van der Waals surface area contributed by atoms with Crippen LogP contribution in [0, 0.1) is 5.21 Å². The number of methoxy groups -OCH3 is 1. The Kier molecular flexibility index (Phi) is 5.25. The van der Waals surface area contributed by atoms with Crippen LogP contribution < -0.4 is 9.47 Å². The van der Waals surface area contributed by atoms with Crippen LogP contribution in [-0.4, -0.2) is 29.8 Å². The van der Waals surface area contributed by atoms with Crippen molar-refractivity contribution < 1.29 is 19.3 Å². The number of hydroxylamine groups is 1. The van der Waals surface area contributed by atoms with Gasteiger partial charge in [-0.1, -0.05) is 0 Å². The highest BCUT2D eigenvalue weighted by Gasteiger charge is 2.05. The van der Waals surface area contributed by atoms with Crippen molar-refractivity contribution in [3.8, 4) is 17.2 Å². The number of phenolic OH excluding ortho intramolecular Hbond substituents is 1. The smallest absolute Gasteiger partial charge is 0.182 e. The zero-order valence-corrected chi connectivity index (χ0v) is 12.7. The third-order valence-electron chi connectivity index (χ3n) is 3.07. The molecule has 1 N–H and O–H groups in total. The van der Waals surface area contributed by atoms with E-state index in [9.17, 15) is 10.3 Å². The van der Waals surface area contributed by atoms with E-state index in [1.807, 2.05) is 31.2 Å². The first kappa shape index (κ1) is 15.7. The maximum atomic E-state index is 12.0. The lowest BCUT2D eigenvalue weighted by atomic mass is 10.2. The molecule has 22 heavy (non-hydrogen) atoms. The number of hydrogen-bond donors (Lipinski definition) is 1. The van der Waals surface area contributed by atoms with Gasteiger partial charge in [-0.2, -0.15) is 0 Å². The quantitative estimate of drug-likeness (QED) is 0.385. The molecule has 0 unspecified atom stereocenters. The summed E-state index contributed by atoms with van der Waals surface area (Å²) < 4.78 is 11.2. The van der Waals surface area contributed by atoms with Gasteiger partial charge in [-0.05, 0) is 49.4 Å². The molecule has 0 aliphatic carbocycles. The van der Waals surface area contributed by atoms with Gasteiger partial charge in [-0.15, -0.1) is 0 Å². The molecule has 0 amide bonds. The number of phenols is 1. The average Bonchev–Trinajstić information content (AvgIpc) is 2.51. The Morgan fingerprint density at radius 2 is 1.91 bits per heavy atom. The fourth-order valence-electron chi connectivity index (χ4n) is 2.00. The maximum absolute atomic E-state index is 12.0. The molecule has 2 aromatic rings. The van der Waals surface area contributed by atoms with Crippen molar-refractivity contribution >= 4 is 6.21 Å². The Morgan fingerprint density at radius 3 is 2.55 bits per heavy atom. The minimum atomic E-state index is 0.0617. The molecule has 0 spiro atoms. The Bertz CT molecular complexity index is 650. The van der Waals surface area contributed by atoms with Crippen LogP contribution in [0.25, 0.3) is 0 Å². The van der Waals surface area contributed by atoms with Crippen LogP contribution in [0.3, 0.4) is 0 Å². The zero-order valence-electron chi connectivity index (χ0n) is 12.7. The summed E-state index contributed by atoms with van der Waals surface area (Å²) in [6, 6.07) is 12.1. The van der Waals surface area contributed by atoms with E-state index in [4.69, 9.17) is 9.47 Å². The molecular weight excluding hydrogens is 282 g/mol. The van der Waals surface area contributed by atoms with E-state index < -0.39 is 0 Å². The van der Waals surface area contributed by atoms with E-state index in [0.29, 0.717) is 17.9 Å². The van der Waals surface area contributed by atoms with Crippen LogP contribution in [0.4, 0.5) is 0 Å². The summed E-state index contributed by atoms with van der Waals surface area (Å²) in [4.78, 5) is 0. The van der Waals surface area contributed by atoms with Crippen LogP contribution >= 0.6 is 0 Å². The van der Waals surface area contributed by atoms with Crippen molar-refractivity contribution in [3.63, 3.8) is 0 Å². The van der Waals surface area contributed by atoms with E-state index in [-0.39, 0.29) is 12.3 Å². The minimum absolute atomic E-state index is 0.0617. The first-order chi connectivity index (χ1) is 10.6. The minimum Gasteiger partial charge on any atom is -0.624 e. The van der Waals surface area contributed by atoms with Crippen molar-refractivity contribution in [1.82, 2.24) is 0 Å². The summed E-state index contributed by atoms with van der Waals surface area (Å²) in [5.74, 6) is 1.19. The molecular formula is C17H19NO4. The van der Waals surface area contributed by atoms with E-state index >= 15 is 0 Å². The van der Waals surface area contributed by atoms with Gasteiger partial charge >= 0.3 is 0 Å². The lowest BCUT2D eigenvalue weighted by Crippen LogP contribution is -2.06. The van der Waals surface area contributed by atoms with Gasteiger partial charge in [0.25, 0.3) is 0 Å². The van der Waals surface area contributed by atoms with Crippen LogP contribution in [0.2, 0.25) is 0 Å². The van der Waals surface area contributed by atoms with Crippen LogP contribution in [0.1, 0.15) is 18.1 Å². The molecule has 0 aliphatic rings. The second-order valence-corrected chi connectivity index (χ2v) is 4.71. The first-order valence-electron chi connectivity index (χ1n) is 6.99. The lowest BCUT2D eigenvalue weighted by Gasteiger charge is -2.07. The Hall–Kier alpha value is -2.69. The summed E-state index contributed by atoms with van der Waals surface area (Å²) in [6.45, 7) is 2.51. The van der Waals surface area contributed by atoms with E-state index in [1.54, 1.807) is 19.2 Å². The Morgan fingerprint density at radius 1 is 1.18 bits per heavy atom. The SMILES string of the molecule is CCOc1cc(C=[N+]([O-])Cc2ccc(OC)cc2)ccc1O. The van der Waals surface area contributed by atoms with E-state index in [1.165, 1.54) is 12.3 Å². The molecule has 0 atom stereocenters. The van der Waals surface area contributed by atoms with Crippen molar-refractivity contribution in [2.45, 2.75) is 13.5 Å². The largest absolute Gasteiger partial charge is 0.624 e. The third-order valence-corrected chi connectivity index (χ3v) is 3.07. The Balaban J connectivity index is 2.12. The lowest BCUT2D eigenvalue weighted by molar-refractivity contribution is -0.469. The Labute approximate surface area is 129 Å². The zero-order chi connectivity index (χ0) is 15.9. The summed E-state index contributed by atoms with van der Waals surface area (Å²) in [5, 5.41) is 21.7. The van der Waals surface area contributed by atoms with E-state index in [0.717, 1.165) is 16.1 Å². The van der Waals surface area contributed by atoms with Gasteiger partial charge in [0.05, 0.1) is 13.7 Å². The fraction of sp³-hybridized carbons (Fsp3) is 0.235. The van der Waals surface area contributed by atoms with Gasteiger partial charge in [-0.3, -0.25) is 0 Å². The van der Waals surface area contributed by atoms with Crippen molar-refractivity contribution in [3.05, 3.63) is 58.8 Å². The normalized spacial score (nSPS) is 11.3. The molecule has 2 aromatic carbocycles. The van der Waals surface area contributed by atoms with Crippen molar-refractivity contribution in [2.75, 3.05) is 13.7 Å². The number of benzene rings is 2. The van der Waals surface area contributed by atoms with Crippen LogP contribution in [0.5, 0.6) is 17.2 Å². The number of aromatic hydroxyl groups is 1. The molecule has 116 valence electrons. The standard InChI is InChI=1S/C17H19NO4/c1-3-22-17-10-14(6-9-16(17)19)12-18(20)11-13-4-7-15(21-2)8-5-13/h4-10,12,19H,3,11H2,1-2H3. The highest BCUT2D eigenvalue weighted by molar-refractivity contribution is 5.77. The number of nitrogens with zero attached hydrogens (tertiary/aromatic N) is 1. The van der Waals surface area contributed by atoms with Crippen LogP contribution in [-0.2, 0) is 6.54 Å². The number of ether oxygens (including phenoxy) is 2. The molecule has 0 saturated heterocycles. The molecule has 0 bridgehead atoms. The van der Waals surface area contributed by atoms with Gasteiger partial charge in [0, 0.05) is 11.1 Å². The first-order valence-corrected chi connectivity index (χ1v) is 6.99. The predicted octanol–water partition coefficient (Wildman–Crippen LogP) is 2.93. The predicted molar refractivity (Wildman–Crippen MR) is 84.8 cm³/mol. The highest BCUT2D eigenvalue weighted by Crippen LogP contribution is 2.26. The maximum Gasteiger partial charge on any atom is 0.182 e. The molecule has 0 aromatic heterocycles. The topological polar surface area (TPSA) is 64.8 Å². The average molecular weight is 301 g/mol. The van der Waals surface area contributed by atoms with Gasteiger partial charge in [-0.25, -0.2) is 4.74 Å². The van der Waals surface area contributed by atoms with Crippen molar-refractivity contribution in [2.24, 2.45) is 0 Å². The van der Waals surface area contributed by atoms with Crippen molar-refractivity contribution in [1.29, 1.82) is 0 Å². The summed E-state index contributed by atoms with van der Waals surface area (Å²) >= 11 is 0. The number of hydrogen-bond acceptors (Lipinski definition) is 4. The second-order valence-electron chi connectivity index (χ2n) is 4.71. The molecule has 0 saturated carbocycles.